The van der Waals surface area contributed by atoms with E-state index in [0.29, 0.717) is 16.3 Å². The van der Waals surface area contributed by atoms with Crippen LogP contribution in [0.2, 0.25) is 0 Å². The third-order valence-corrected chi connectivity index (χ3v) is 3.80. The Bertz CT molecular complexity index is 1000. The minimum Gasteiger partial charge on any atom is -0.344 e. The Morgan fingerprint density at radius 1 is 1.17 bits per heavy atom. The van der Waals surface area contributed by atoms with Crippen molar-refractivity contribution in [3.63, 3.8) is 0 Å². The topological polar surface area (TPSA) is 98.6 Å². The minimum atomic E-state index is -0.376. The van der Waals surface area contributed by atoms with Crippen molar-refractivity contribution in [1.82, 2.24) is 15.5 Å². The number of carbonyl (C=O) groups excluding carboxylic acids is 1. The SMILES string of the molecule is CC(NC(=O)c1n[nH]c(=O)c2ccccc12)c1ccc(C#N)cc1. The molecule has 1 atom stereocenters. The van der Waals surface area contributed by atoms with E-state index >= 15 is 0 Å². The highest BCUT2D eigenvalue weighted by molar-refractivity contribution is 6.04. The van der Waals surface area contributed by atoms with Crippen molar-refractivity contribution in [2.75, 3.05) is 0 Å². The fourth-order valence-corrected chi connectivity index (χ4v) is 2.48. The van der Waals surface area contributed by atoms with E-state index in [-0.39, 0.29) is 23.2 Å². The van der Waals surface area contributed by atoms with Crippen LogP contribution in [0.1, 0.15) is 34.6 Å². The van der Waals surface area contributed by atoms with Gasteiger partial charge in [0.1, 0.15) is 0 Å². The van der Waals surface area contributed by atoms with E-state index in [1.807, 2.05) is 6.92 Å². The lowest BCUT2D eigenvalue weighted by Crippen LogP contribution is -2.29. The molecule has 0 saturated carbocycles. The number of carbonyl (C=O) groups is 1. The summed E-state index contributed by atoms with van der Waals surface area (Å²) in [5, 5.41) is 18.8. The number of rotatable bonds is 3. The maximum Gasteiger partial charge on any atom is 0.272 e. The summed E-state index contributed by atoms with van der Waals surface area (Å²) >= 11 is 0. The zero-order valence-corrected chi connectivity index (χ0v) is 12.9. The highest BCUT2D eigenvalue weighted by Gasteiger charge is 2.16. The zero-order valence-electron chi connectivity index (χ0n) is 12.9. The molecule has 118 valence electrons. The second-order valence-electron chi connectivity index (χ2n) is 5.38. The Labute approximate surface area is 137 Å². The largest absolute Gasteiger partial charge is 0.344 e. The van der Waals surface area contributed by atoms with Gasteiger partial charge in [-0.3, -0.25) is 9.59 Å². The number of amides is 1. The van der Waals surface area contributed by atoms with Crippen molar-refractivity contribution < 1.29 is 4.79 Å². The summed E-state index contributed by atoms with van der Waals surface area (Å²) in [6, 6.07) is 15.6. The van der Waals surface area contributed by atoms with Crippen LogP contribution in [0.25, 0.3) is 10.8 Å². The molecule has 0 bridgehead atoms. The number of hydrogen-bond acceptors (Lipinski definition) is 4. The number of fused-ring (bicyclic) bond motifs is 1. The Morgan fingerprint density at radius 3 is 2.50 bits per heavy atom. The first-order valence-electron chi connectivity index (χ1n) is 7.38. The lowest BCUT2D eigenvalue weighted by molar-refractivity contribution is 0.0935. The molecule has 3 rings (SSSR count). The maximum absolute atomic E-state index is 12.5. The summed E-state index contributed by atoms with van der Waals surface area (Å²) < 4.78 is 0. The standard InChI is InChI=1S/C18H14N4O2/c1-11(13-8-6-12(10-19)7-9-13)20-18(24)16-14-4-2-3-5-15(14)17(23)22-21-16/h2-9,11H,1H3,(H,20,24)(H,22,23). The van der Waals surface area contributed by atoms with Crippen LogP contribution < -0.4 is 10.9 Å². The molecule has 3 aromatic rings. The van der Waals surface area contributed by atoms with E-state index in [1.165, 1.54) is 0 Å². The number of aromatic nitrogens is 2. The molecule has 24 heavy (non-hydrogen) atoms. The van der Waals surface area contributed by atoms with Gasteiger partial charge in [-0.2, -0.15) is 10.4 Å². The van der Waals surface area contributed by atoms with E-state index in [9.17, 15) is 9.59 Å². The van der Waals surface area contributed by atoms with E-state index in [2.05, 4.69) is 21.6 Å². The highest BCUT2D eigenvalue weighted by Crippen LogP contribution is 2.16. The van der Waals surface area contributed by atoms with Crippen LogP contribution in [-0.4, -0.2) is 16.1 Å². The van der Waals surface area contributed by atoms with Gasteiger partial charge in [-0.15, -0.1) is 0 Å². The Balaban J connectivity index is 1.88. The van der Waals surface area contributed by atoms with Gasteiger partial charge in [-0.1, -0.05) is 30.3 Å². The molecule has 1 amide bonds. The first-order chi connectivity index (χ1) is 11.6. The highest BCUT2D eigenvalue weighted by atomic mass is 16.2. The van der Waals surface area contributed by atoms with Gasteiger partial charge in [-0.05, 0) is 30.7 Å². The van der Waals surface area contributed by atoms with E-state index in [4.69, 9.17) is 5.26 Å². The summed E-state index contributed by atoms with van der Waals surface area (Å²) in [5.74, 6) is -0.376. The lowest BCUT2D eigenvalue weighted by atomic mass is 10.1. The average Bonchev–Trinajstić information content (AvgIpc) is 2.62. The van der Waals surface area contributed by atoms with Crippen LogP contribution in [0, 0.1) is 11.3 Å². The normalized spacial score (nSPS) is 11.7. The molecule has 6 heteroatoms. The summed E-state index contributed by atoms with van der Waals surface area (Å²) in [7, 11) is 0. The maximum atomic E-state index is 12.5. The van der Waals surface area contributed by atoms with Crippen molar-refractivity contribution in [3.05, 3.63) is 75.7 Å². The van der Waals surface area contributed by atoms with Crippen molar-refractivity contribution in [1.29, 1.82) is 5.26 Å². The Kier molecular flexibility index (Phi) is 4.08. The van der Waals surface area contributed by atoms with Gasteiger partial charge in [0.05, 0.1) is 23.1 Å². The third kappa shape index (κ3) is 2.88. The quantitative estimate of drug-likeness (QED) is 0.774. The first-order valence-corrected chi connectivity index (χ1v) is 7.38. The van der Waals surface area contributed by atoms with Gasteiger partial charge in [0, 0.05) is 5.39 Å². The molecule has 0 saturated heterocycles. The molecule has 6 nitrogen and oxygen atoms in total. The number of aromatic amines is 1. The van der Waals surface area contributed by atoms with Gasteiger partial charge < -0.3 is 5.32 Å². The van der Waals surface area contributed by atoms with Gasteiger partial charge in [-0.25, -0.2) is 5.10 Å². The Hall–Kier alpha value is -3.46. The van der Waals surface area contributed by atoms with Crippen LogP contribution >= 0.6 is 0 Å². The van der Waals surface area contributed by atoms with Gasteiger partial charge in [0.25, 0.3) is 11.5 Å². The molecular formula is C18H14N4O2. The summed E-state index contributed by atoms with van der Waals surface area (Å²) in [5.41, 5.74) is 1.27. The van der Waals surface area contributed by atoms with Crippen LogP contribution in [0.5, 0.6) is 0 Å². The monoisotopic (exact) mass is 318 g/mol. The molecule has 2 aromatic carbocycles. The number of nitriles is 1. The summed E-state index contributed by atoms with van der Waals surface area (Å²) in [4.78, 5) is 24.3. The van der Waals surface area contributed by atoms with E-state index in [1.54, 1.807) is 48.5 Å². The van der Waals surface area contributed by atoms with E-state index in [0.717, 1.165) is 5.56 Å². The number of H-pyrrole nitrogens is 1. The van der Waals surface area contributed by atoms with Gasteiger partial charge >= 0.3 is 0 Å². The van der Waals surface area contributed by atoms with Gasteiger partial charge in [0.2, 0.25) is 0 Å². The zero-order chi connectivity index (χ0) is 17.1. The summed E-state index contributed by atoms with van der Waals surface area (Å²) in [6.07, 6.45) is 0. The number of benzene rings is 2. The van der Waals surface area contributed by atoms with Crippen LogP contribution in [-0.2, 0) is 0 Å². The molecule has 1 heterocycles. The van der Waals surface area contributed by atoms with Gasteiger partial charge in [0.15, 0.2) is 5.69 Å². The molecule has 1 unspecified atom stereocenters. The lowest BCUT2D eigenvalue weighted by Gasteiger charge is -2.14. The predicted octanol–water partition coefficient (Wildman–Crippen LogP) is 2.29. The molecule has 0 spiro atoms. The molecule has 2 N–H and O–H groups in total. The average molecular weight is 318 g/mol. The number of hydrogen-bond donors (Lipinski definition) is 2. The molecular weight excluding hydrogens is 304 g/mol. The fourth-order valence-electron chi connectivity index (χ4n) is 2.48. The molecule has 0 aliphatic heterocycles. The van der Waals surface area contributed by atoms with Crippen molar-refractivity contribution in [2.45, 2.75) is 13.0 Å². The second kappa shape index (κ2) is 6.34. The van der Waals surface area contributed by atoms with Crippen molar-refractivity contribution >= 4 is 16.7 Å². The van der Waals surface area contributed by atoms with Crippen LogP contribution in [0.3, 0.4) is 0 Å². The minimum absolute atomic E-state index is 0.172. The number of nitrogens with one attached hydrogen (secondary N) is 2. The fraction of sp³-hybridized carbons (Fsp3) is 0.111. The molecule has 0 fully saturated rings. The molecule has 1 aromatic heterocycles. The second-order valence-corrected chi connectivity index (χ2v) is 5.38. The molecule has 0 radical (unpaired) electrons. The van der Waals surface area contributed by atoms with Crippen molar-refractivity contribution in [3.8, 4) is 6.07 Å². The van der Waals surface area contributed by atoms with Crippen LogP contribution in [0.15, 0.2) is 53.3 Å². The number of nitrogens with zero attached hydrogens (tertiary/aromatic N) is 2. The summed E-state index contributed by atoms with van der Waals surface area (Å²) in [6.45, 7) is 1.84. The third-order valence-electron chi connectivity index (χ3n) is 3.80. The smallest absolute Gasteiger partial charge is 0.272 e. The predicted molar refractivity (Wildman–Crippen MR) is 89.4 cm³/mol. The Morgan fingerprint density at radius 2 is 1.83 bits per heavy atom. The van der Waals surface area contributed by atoms with Crippen LogP contribution in [0.4, 0.5) is 0 Å². The molecule has 0 aliphatic rings. The van der Waals surface area contributed by atoms with Crippen molar-refractivity contribution in [2.24, 2.45) is 0 Å². The van der Waals surface area contributed by atoms with E-state index < -0.39 is 0 Å². The molecule has 0 aliphatic carbocycles. The first kappa shape index (κ1) is 15.4.